The molecule has 0 saturated carbocycles. The Morgan fingerprint density at radius 1 is 1.29 bits per heavy atom. The van der Waals surface area contributed by atoms with Crippen molar-refractivity contribution in [1.29, 1.82) is 0 Å². The lowest BCUT2D eigenvalue weighted by Crippen LogP contribution is -2.38. The average Bonchev–Trinajstić information content (AvgIpc) is 3.13. The Morgan fingerprint density at radius 2 is 2.06 bits per heavy atom. The molecule has 1 saturated heterocycles. The number of ether oxygens (including phenoxy) is 1. The molecule has 4 rings (SSSR count). The van der Waals surface area contributed by atoms with Crippen LogP contribution >= 0.6 is 0 Å². The summed E-state index contributed by atoms with van der Waals surface area (Å²) >= 11 is 0. The van der Waals surface area contributed by atoms with Crippen LogP contribution in [0.1, 0.15) is 25.3 Å². The fourth-order valence-electron chi connectivity index (χ4n) is 3.77. The van der Waals surface area contributed by atoms with Crippen molar-refractivity contribution in [2.24, 2.45) is 0 Å². The van der Waals surface area contributed by atoms with Crippen molar-refractivity contribution in [3.05, 3.63) is 47.8 Å². The van der Waals surface area contributed by atoms with Gasteiger partial charge in [0.25, 0.3) is 16.1 Å². The highest BCUT2D eigenvalue weighted by Gasteiger charge is 2.23. The second kappa shape index (κ2) is 8.81. The van der Waals surface area contributed by atoms with Gasteiger partial charge in [-0.3, -0.25) is 9.45 Å². The van der Waals surface area contributed by atoms with Crippen molar-refractivity contribution in [3.8, 4) is 5.75 Å². The van der Waals surface area contributed by atoms with Crippen molar-refractivity contribution in [2.75, 3.05) is 25.0 Å². The predicted molar refractivity (Wildman–Crippen MR) is 113 cm³/mol. The summed E-state index contributed by atoms with van der Waals surface area (Å²) in [7, 11) is -4.40. The first-order valence-electron chi connectivity index (χ1n) is 10.1. The topological polar surface area (TPSA) is 105 Å². The molecule has 1 fully saturated rings. The first kappa shape index (κ1) is 21.5. The lowest BCUT2D eigenvalue weighted by molar-refractivity contribution is 0.210. The Balaban J connectivity index is 1.37. The Kier molecular flexibility index (Phi) is 6.12. The molecule has 0 amide bonds. The van der Waals surface area contributed by atoms with E-state index in [1.54, 1.807) is 18.2 Å². The number of anilines is 1. The SMILES string of the molecule is CCOc1cc(CN2CCC(Nc3nc4cccc(S(=O)(=O)O)c4o3)CC2)ccc1F. The molecule has 2 heterocycles. The molecule has 1 aromatic heterocycles. The largest absolute Gasteiger partial charge is 0.491 e. The number of piperidine rings is 1. The van der Waals surface area contributed by atoms with Gasteiger partial charge in [-0.05, 0) is 49.6 Å². The number of likely N-dealkylation sites (tertiary alicyclic amines) is 1. The number of halogens is 1. The Labute approximate surface area is 179 Å². The van der Waals surface area contributed by atoms with Crippen LogP contribution in [0.4, 0.5) is 10.4 Å². The molecule has 0 aliphatic carbocycles. The lowest BCUT2D eigenvalue weighted by atomic mass is 10.0. The summed E-state index contributed by atoms with van der Waals surface area (Å²) in [5, 5.41) is 3.22. The van der Waals surface area contributed by atoms with Gasteiger partial charge < -0.3 is 14.5 Å². The smallest absolute Gasteiger partial charge is 0.298 e. The maximum atomic E-state index is 13.8. The van der Waals surface area contributed by atoms with Crippen molar-refractivity contribution in [2.45, 2.75) is 37.2 Å². The lowest BCUT2D eigenvalue weighted by Gasteiger charge is -2.32. The molecule has 0 unspecified atom stereocenters. The van der Waals surface area contributed by atoms with Gasteiger partial charge in [0.1, 0.15) is 10.4 Å². The molecule has 1 aliphatic rings. The Bertz CT molecular complexity index is 1170. The number of hydrogen-bond acceptors (Lipinski definition) is 7. The third kappa shape index (κ3) is 4.97. The zero-order chi connectivity index (χ0) is 22.0. The van der Waals surface area contributed by atoms with Gasteiger partial charge in [0.2, 0.25) is 0 Å². The molecule has 0 atom stereocenters. The van der Waals surface area contributed by atoms with E-state index >= 15 is 0 Å². The van der Waals surface area contributed by atoms with E-state index in [0.717, 1.165) is 31.5 Å². The van der Waals surface area contributed by atoms with E-state index in [-0.39, 0.29) is 34.1 Å². The van der Waals surface area contributed by atoms with Gasteiger partial charge in [-0.1, -0.05) is 12.1 Å². The summed E-state index contributed by atoms with van der Waals surface area (Å²) in [4.78, 5) is 6.27. The number of oxazole rings is 1. The van der Waals surface area contributed by atoms with E-state index in [1.165, 1.54) is 18.2 Å². The van der Waals surface area contributed by atoms with Crippen molar-refractivity contribution in [1.82, 2.24) is 9.88 Å². The van der Waals surface area contributed by atoms with Crippen LogP contribution in [0.3, 0.4) is 0 Å². The normalized spacial score (nSPS) is 16.0. The summed E-state index contributed by atoms with van der Waals surface area (Å²) in [6.45, 7) is 4.60. The quantitative estimate of drug-likeness (QED) is 0.526. The minimum Gasteiger partial charge on any atom is -0.491 e. The highest BCUT2D eigenvalue weighted by molar-refractivity contribution is 7.86. The molecular weight excluding hydrogens is 425 g/mol. The molecule has 0 bridgehead atoms. The fourth-order valence-corrected chi connectivity index (χ4v) is 4.40. The number of fused-ring (bicyclic) bond motifs is 1. The Morgan fingerprint density at radius 3 is 2.77 bits per heavy atom. The zero-order valence-electron chi connectivity index (χ0n) is 17.0. The molecule has 0 radical (unpaired) electrons. The molecule has 10 heteroatoms. The van der Waals surface area contributed by atoms with Crippen molar-refractivity contribution < 1.29 is 26.5 Å². The van der Waals surface area contributed by atoms with Crippen LogP contribution in [0.2, 0.25) is 0 Å². The highest BCUT2D eigenvalue weighted by Crippen LogP contribution is 2.27. The summed E-state index contributed by atoms with van der Waals surface area (Å²) in [5.74, 6) is -0.0826. The van der Waals surface area contributed by atoms with Gasteiger partial charge in [-0.15, -0.1) is 0 Å². The molecule has 3 aromatic rings. The molecule has 0 spiro atoms. The minimum absolute atomic E-state index is 0.0337. The second-order valence-corrected chi connectivity index (χ2v) is 8.88. The van der Waals surface area contributed by atoms with Crippen LogP contribution in [0, 0.1) is 5.82 Å². The van der Waals surface area contributed by atoms with Crippen LogP contribution in [0.5, 0.6) is 5.75 Å². The minimum atomic E-state index is -4.40. The van der Waals surface area contributed by atoms with E-state index < -0.39 is 10.1 Å². The van der Waals surface area contributed by atoms with Gasteiger partial charge in [-0.2, -0.15) is 13.4 Å². The van der Waals surface area contributed by atoms with Gasteiger partial charge in [-0.25, -0.2) is 4.39 Å². The maximum absolute atomic E-state index is 13.8. The van der Waals surface area contributed by atoms with E-state index in [2.05, 4.69) is 15.2 Å². The fraction of sp³-hybridized carbons (Fsp3) is 0.381. The number of aromatic nitrogens is 1. The third-order valence-electron chi connectivity index (χ3n) is 5.27. The first-order chi connectivity index (χ1) is 14.8. The standard InChI is InChI=1S/C21H24FN3O5S/c1-2-29-18-12-14(6-7-16(18)22)13-25-10-8-15(9-11-25)23-21-24-17-4-3-5-19(20(17)30-21)31(26,27)28/h3-7,12,15H,2,8-11,13H2,1H3,(H,23,24)(H,26,27,28). The summed E-state index contributed by atoms with van der Waals surface area (Å²) in [6.07, 6.45) is 1.67. The molecule has 31 heavy (non-hydrogen) atoms. The van der Waals surface area contributed by atoms with Crippen molar-refractivity contribution in [3.63, 3.8) is 0 Å². The first-order valence-corrected chi connectivity index (χ1v) is 11.5. The van der Waals surface area contributed by atoms with Gasteiger partial charge in [0.05, 0.1) is 6.61 Å². The summed E-state index contributed by atoms with van der Waals surface area (Å²) in [5.41, 5.74) is 1.38. The van der Waals surface area contributed by atoms with Crippen LogP contribution in [-0.4, -0.2) is 48.6 Å². The molecule has 8 nitrogen and oxygen atoms in total. The van der Waals surface area contributed by atoms with E-state index in [1.807, 2.05) is 6.92 Å². The highest BCUT2D eigenvalue weighted by atomic mass is 32.2. The van der Waals surface area contributed by atoms with Crippen LogP contribution < -0.4 is 10.1 Å². The molecule has 2 N–H and O–H groups in total. The number of benzene rings is 2. The maximum Gasteiger partial charge on any atom is 0.298 e. The number of nitrogens with one attached hydrogen (secondary N) is 1. The predicted octanol–water partition coefficient (Wildman–Crippen LogP) is 3.69. The molecular formula is C21H24FN3O5S. The molecule has 166 valence electrons. The van der Waals surface area contributed by atoms with Gasteiger partial charge >= 0.3 is 0 Å². The number of hydrogen-bond donors (Lipinski definition) is 2. The third-order valence-corrected chi connectivity index (χ3v) is 6.15. The van der Waals surface area contributed by atoms with Crippen LogP contribution in [-0.2, 0) is 16.7 Å². The zero-order valence-corrected chi connectivity index (χ0v) is 17.9. The number of para-hydroxylation sites is 1. The van der Waals surface area contributed by atoms with E-state index in [9.17, 15) is 17.4 Å². The summed E-state index contributed by atoms with van der Waals surface area (Å²) in [6, 6.07) is 9.69. The van der Waals surface area contributed by atoms with Crippen LogP contribution in [0.25, 0.3) is 11.1 Å². The van der Waals surface area contributed by atoms with E-state index in [0.29, 0.717) is 18.7 Å². The average molecular weight is 450 g/mol. The number of nitrogens with zero attached hydrogens (tertiary/aromatic N) is 2. The summed E-state index contributed by atoms with van der Waals surface area (Å²) < 4.78 is 57.1. The Hall–Kier alpha value is -2.69. The second-order valence-electron chi connectivity index (χ2n) is 7.49. The van der Waals surface area contributed by atoms with Crippen molar-refractivity contribution >= 4 is 27.2 Å². The van der Waals surface area contributed by atoms with Crippen LogP contribution in [0.15, 0.2) is 45.7 Å². The number of rotatable bonds is 7. The van der Waals surface area contributed by atoms with E-state index in [4.69, 9.17) is 9.15 Å². The molecule has 1 aliphatic heterocycles. The van der Waals surface area contributed by atoms with Gasteiger partial charge in [0, 0.05) is 25.7 Å². The van der Waals surface area contributed by atoms with Gasteiger partial charge in [0.15, 0.2) is 17.1 Å². The monoisotopic (exact) mass is 449 g/mol. The molecule has 2 aromatic carbocycles.